The summed E-state index contributed by atoms with van der Waals surface area (Å²) in [5, 5.41) is 0. The number of allylic oxidation sites excluding steroid dienone is 3. The van der Waals surface area contributed by atoms with Gasteiger partial charge in [-0.3, -0.25) is 0 Å². The summed E-state index contributed by atoms with van der Waals surface area (Å²) in [6.45, 7) is 0.774. The van der Waals surface area contributed by atoms with Crippen molar-refractivity contribution in [1.29, 1.82) is 0 Å². The molecule has 0 saturated heterocycles. The topological polar surface area (TPSA) is 0 Å². The molecule has 0 aliphatic carbocycles. The molecular formula is C5H4F4. The Kier molecular flexibility index (Phi) is 2.98. The maximum Gasteiger partial charge on any atom is 0.192 e. The van der Waals surface area contributed by atoms with Gasteiger partial charge in [0, 0.05) is 0 Å². The molecule has 0 aromatic carbocycles. The lowest BCUT2D eigenvalue weighted by atomic mass is 10.4. The summed E-state index contributed by atoms with van der Waals surface area (Å²) in [5.74, 6) is -5.20. The molecule has 0 aromatic heterocycles. The zero-order valence-electron chi connectivity index (χ0n) is 4.43. The Hall–Kier alpha value is -0.800. The molecule has 0 bridgehead atoms. The van der Waals surface area contributed by atoms with Crippen molar-refractivity contribution in [2.75, 3.05) is 6.67 Å². The van der Waals surface area contributed by atoms with Crippen LogP contribution < -0.4 is 0 Å². The Bertz CT molecular complexity index is 147. The van der Waals surface area contributed by atoms with E-state index in [1.807, 2.05) is 0 Å². The summed E-state index contributed by atoms with van der Waals surface area (Å²) >= 11 is 0. The zero-order chi connectivity index (χ0) is 7.44. The van der Waals surface area contributed by atoms with Crippen molar-refractivity contribution in [2.45, 2.75) is 0 Å². The summed E-state index contributed by atoms with van der Waals surface area (Å²) in [4.78, 5) is 0. The second-order valence-electron chi connectivity index (χ2n) is 1.26. The number of hydrogen-bond donors (Lipinski definition) is 0. The van der Waals surface area contributed by atoms with E-state index in [-0.39, 0.29) is 0 Å². The molecule has 0 unspecified atom stereocenters. The molecule has 0 N–H and O–H groups in total. The summed E-state index contributed by atoms with van der Waals surface area (Å²) in [7, 11) is 0. The predicted molar refractivity (Wildman–Crippen MR) is 25.5 cm³/mol. The van der Waals surface area contributed by atoms with Crippen molar-refractivity contribution in [2.24, 2.45) is 0 Å². The molecule has 0 radical (unpaired) electrons. The molecule has 0 fully saturated rings. The highest BCUT2D eigenvalue weighted by Gasteiger charge is 2.07. The molecule has 0 spiro atoms. The normalized spacial score (nSPS) is 12.9. The Morgan fingerprint density at radius 2 is 1.67 bits per heavy atom. The quantitative estimate of drug-likeness (QED) is 0.408. The van der Waals surface area contributed by atoms with Gasteiger partial charge < -0.3 is 0 Å². The summed E-state index contributed by atoms with van der Waals surface area (Å²) in [5.41, 5.74) is 0. The molecule has 0 nitrogen and oxygen atoms in total. The fourth-order valence-corrected chi connectivity index (χ4v) is 0.206. The van der Waals surface area contributed by atoms with Crippen LogP contribution in [-0.4, -0.2) is 6.67 Å². The van der Waals surface area contributed by atoms with Crippen LogP contribution >= 0.6 is 0 Å². The van der Waals surface area contributed by atoms with Gasteiger partial charge in [-0.2, -0.15) is 0 Å². The lowest BCUT2D eigenvalue weighted by molar-refractivity contribution is 0.419. The van der Waals surface area contributed by atoms with Crippen LogP contribution in [0, 0.1) is 0 Å². The lowest BCUT2D eigenvalue weighted by Gasteiger charge is -1.89. The third kappa shape index (κ3) is 2.30. The van der Waals surface area contributed by atoms with E-state index in [1.165, 1.54) is 0 Å². The fourth-order valence-electron chi connectivity index (χ4n) is 0.206. The monoisotopic (exact) mass is 140 g/mol. The van der Waals surface area contributed by atoms with E-state index in [9.17, 15) is 17.6 Å². The van der Waals surface area contributed by atoms with E-state index in [0.29, 0.717) is 0 Å². The average Bonchev–Trinajstić information content (AvgIpc) is 1.84. The first-order valence-corrected chi connectivity index (χ1v) is 2.04. The Labute approximate surface area is 49.5 Å². The highest BCUT2D eigenvalue weighted by molar-refractivity contribution is 5.18. The van der Waals surface area contributed by atoms with Crippen molar-refractivity contribution >= 4 is 0 Å². The van der Waals surface area contributed by atoms with Crippen molar-refractivity contribution in [3.05, 3.63) is 24.1 Å². The van der Waals surface area contributed by atoms with E-state index < -0.39 is 24.2 Å². The molecule has 4 heteroatoms. The maximum atomic E-state index is 11.7. The Morgan fingerprint density at radius 3 is 1.78 bits per heavy atom. The first-order chi connectivity index (χ1) is 4.09. The van der Waals surface area contributed by atoms with Crippen LogP contribution in [0.2, 0.25) is 0 Å². The molecular weight excluding hydrogens is 136 g/mol. The van der Waals surface area contributed by atoms with Crippen LogP contribution in [0.15, 0.2) is 24.1 Å². The van der Waals surface area contributed by atoms with Crippen LogP contribution in [0.3, 0.4) is 0 Å². The minimum Gasteiger partial charge on any atom is -0.243 e. The van der Waals surface area contributed by atoms with Crippen LogP contribution in [0.4, 0.5) is 17.6 Å². The van der Waals surface area contributed by atoms with Crippen molar-refractivity contribution < 1.29 is 17.6 Å². The van der Waals surface area contributed by atoms with E-state index in [4.69, 9.17) is 0 Å². The minimum absolute atomic E-state index is 1.59. The fraction of sp³-hybridized carbons (Fsp3) is 0.200. The number of alkyl halides is 1. The molecule has 0 aliphatic heterocycles. The van der Waals surface area contributed by atoms with Gasteiger partial charge in [0.25, 0.3) is 0 Å². The standard InChI is InChI=1S/C5H4F4/c1-3(7)5(9)4(8)2-6/h1-2H2/b5-4-. The third-order valence-electron chi connectivity index (χ3n) is 0.594. The molecule has 0 amide bonds. The number of rotatable bonds is 2. The predicted octanol–water partition coefficient (Wildman–Crippen LogP) is 2.59. The van der Waals surface area contributed by atoms with Gasteiger partial charge >= 0.3 is 0 Å². The largest absolute Gasteiger partial charge is 0.243 e. The zero-order valence-corrected chi connectivity index (χ0v) is 4.43. The Morgan fingerprint density at radius 1 is 1.22 bits per heavy atom. The van der Waals surface area contributed by atoms with Crippen LogP contribution in [0.1, 0.15) is 0 Å². The van der Waals surface area contributed by atoms with Gasteiger partial charge in [-0.25, -0.2) is 17.6 Å². The first kappa shape index (κ1) is 8.20. The maximum absolute atomic E-state index is 11.7. The van der Waals surface area contributed by atoms with Gasteiger partial charge in [0.2, 0.25) is 0 Å². The molecule has 0 heterocycles. The Balaban J connectivity index is 4.28. The van der Waals surface area contributed by atoms with Gasteiger partial charge in [-0.15, -0.1) is 0 Å². The highest BCUT2D eigenvalue weighted by Crippen LogP contribution is 2.16. The van der Waals surface area contributed by atoms with Crippen molar-refractivity contribution in [1.82, 2.24) is 0 Å². The summed E-state index contributed by atoms with van der Waals surface area (Å²) < 4.78 is 45.9. The smallest absolute Gasteiger partial charge is 0.192 e. The van der Waals surface area contributed by atoms with E-state index >= 15 is 0 Å². The van der Waals surface area contributed by atoms with Crippen molar-refractivity contribution in [3.63, 3.8) is 0 Å². The van der Waals surface area contributed by atoms with E-state index in [2.05, 4.69) is 6.58 Å². The van der Waals surface area contributed by atoms with E-state index in [0.717, 1.165) is 0 Å². The molecule has 52 valence electrons. The SMILES string of the molecule is C=C(F)/C(F)=C(/F)CF. The molecule has 0 atom stereocenters. The molecule has 0 saturated carbocycles. The average molecular weight is 140 g/mol. The lowest BCUT2D eigenvalue weighted by Crippen LogP contribution is -1.82. The van der Waals surface area contributed by atoms with Gasteiger partial charge in [-0.1, -0.05) is 6.58 Å². The van der Waals surface area contributed by atoms with Gasteiger partial charge in [-0.05, 0) is 0 Å². The summed E-state index contributed by atoms with van der Waals surface area (Å²) in [6, 6.07) is 0. The number of halogens is 4. The first-order valence-electron chi connectivity index (χ1n) is 2.04. The van der Waals surface area contributed by atoms with Crippen LogP contribution in [0.5, 0.6) is 0 Å². The number of hydrogen-bond acceptors (Lipinski definition) is 0. The molecule has 9 heavy (non-hydrogen) atoms. The second kappa shape index (κ2) is 3.27. The molecule has 0 aliphatic rings. The van der Waals surface area contributed by atoms with E-state index in [1.54, 1.807) is 0 Å². The van der Waals surface area contributed by atoms with Crippen molar-refractivity contribution in [3.8, 4) is 0 Å². The van der Waals surface area contributed by atoms with Gasteiger partial charge in [0.15, 0.2) is 17.5 Å². The summed E-state index contributed by atoms with van der Waals surface area (Å²) in [6.07, 6.45) is 0. The third-order valence-corrected chi connectivity index (χ3v) is 0.594. The van der Waals surface area contributed by atoms with Crippen LogP contribution in [0.25, 0.3) is 0 Å². The molecule has 0 aromatic rings. The highest BCUT2D eigenvalue weighted by atomic mass is 19.2. The second-order valence-corrected chi connectivity index (χ2v) is 1.26. The van der Waals surface area contributed by atoms with Crippen LogP contribution in [-0.2, 0) is 0 Å². The minimum atomic E-state index is -1.85. The van der Waals surface area contributed by atoms with Gasteiger partial charge in [0.05, 0.1) is 0 Å². The van der Waals surface area contributed by atoms with Gasteiger partial charge in [0.1, 0.15) is 6.67 Å². The molecule has 0 rings (SSSR count).